The number of nitrogens with zero attached hydrogens (tertiary/aromatic N) is 1. The average Bonchev–Trinajstić information content (AvgIpc) is 3.30. The first kappa shape index (κ1) is 31.7. The van der Waals surface area contributed by atoms with Gasteiger partial charge in [-0.1, -0.05) is 0 Å². The van der Waals surface area contributed by atoms with Crippen LogP contribution >= 0.6 is 18.9 Å². The molecule has 14 heteroatoms. The van der Waals surface area contributed by atoms with E-state index in [-0.39, 0.29) is 35.9 Å². The topological polar surface area (TPSA) is 139 Å². The van der Waals surface area contributed by atoms with E-state index in [1.807, 2.05) is 6.92 Å². The Labute approximate surface area is 238 Å². The highest BCUT2D eigenvalue weighted by molar-refractivity contribution is 7.90. The van der Waals surface area contributed by atoms with Gasteiger partial charge in [-0.3, -0.25) is 14.7 Å². The number of carbonyl (C=O) groups is 1. The number of anilines is 1. The Morgan fingerprint density at radius 2 is 1.70 bits per heavy atom. The van der Waals surface area contributed by atoms with E-state index in [1.54, 1.807) is 33.1 Å². The van der Waals surface area contributed by atoms with Crippen LogP contribution in [0.4, 0.5) is 5.13 Å². The molecule has 0 aliphatic carbocycles. The maximum atomic E-state index is 13.2. The van der Waals surface area contributed by atoms with Crippen LogP contribution in [0.3, 0.4) is 0 Å². The first-order valence-electron chi connectivity index (χ1n) is 12.4. The number of sulfone groups is 1. The molecule has 0 spiro atoms. The number of nitrogens with one attached hydrogen (secondary N) is 1. The minimum absolute atomic E-state index is 0.0407. The average molecular weight is 613 g/mol. The molecule has 1 heterocycles. The second kappa shape index (κ2) is 14.2. The number of ether oxygens (including phenoxy) is 3. The number of thiazole rings is 1. The summed E-state index contributed by atoms with van der Waals surface area (Å²) in [7, 11) is -5.12. The zero-order valence-electron chi connectivity index (χ0n) is 22.9. The van der Waals surface area contributed by atoms with E-state index in [0.29, 0.717) is 33.9 Å². The van der Waals surface area contributed by atoms with Crippen LogP contribution in [0.2, 0.25) is 0 Å². The first-order valence-corrected chi connectivity index (χ1v) is 16.8. The molecule has 0 unspecified atom stereocenters. The Kier molecular flexibility index (Phi) is 11.3. The molecule has 11 nitrogen and oxygen atoms in total. The largest absolute Gasteiger partial charge is 0.488 e. The van der Waals surface area contributed by atoms with Gasteiger partial charge in [0, 0.05) is 36.1 Å². The molecule has 0 fully saturated rings. The summed E-state index contributed by atoms with van der Waals surface area (Å²) >= 11 is 1.16. The van der Waals surface area contributed by atoms with Crippen LogP contribution in [0.5, 0.6) is 17.2 Å². The molecular formula is C26H33N2O9PS2. The highest BCUT2D eigenvalue weighted by atomic mass is 32.2. The number of carbonyl (C=O) groups excluding carboxylic acids is 1. The van der Waals surface area contributed by atoms with Crippen molar-refractivity contribution >= 4 is 39.8 Å². The minimum atomic E-state index is -3.36. The number of amides is 1. The quantitative estimate of drug-likeness (QED) is 0.210. The standard InChI is InChI=1S/C26H33N2O9PS2/c1-6-34-38(30,35-7-2)17-23-15-27-26(39-23)28-25(29)19-12-21(36-18(3)16-33-4)14-22(13-19)37-20-8-10-24(11-9-20)40(5,31)32/h8-15,18H,6-7,16-17H2,1-5H3,(H,27,28,29)/t18-/m0/s1. The van der Waals surface area contributed by atoms with Crippen LogP contribution in [0.25, 0.3) is 0 Å². The van der Waals surface area contributed by atoms with E-state index in [4.69, 9.17) is 23.3 Å². The van der Waals surface area contributed by atoms with Gasteiger partial charge in [0.15, 0.2) is 15.0 Å². The van der Waals surface area contributed by atoms with Crippen LogP contribution in [0.15, 0.2) is 53.6 Å². The molecule has 1 N–H and O–H groups in total. The third-order valence-corrected chi connectivity index (χ3v) is 9.43. The maximum absolute atomic E-state index is 13.2. The van der Waals surface area contributed by atoms with E-state index < -0.39 is 23.3 Å². The van der Waals surface area contributed by atoms with Gasteiger partial charge >= 0.3 is 7.60 Å². The monoisotopic (exact) mass is 612 g/mol. The molecule has 218 valence electrons. The van der Waals surface area contributed by atoms with Gasteiger partial charge in [-0.05, 0) is 57.2 Å². The van der Waals surface area contributed by atoms with Crippen molar-refractivity contribution in [2.24, 2.45) is 0 Å². The number of methoxy groups -OCH3 is 1. The summed E-state index contributed by atoms with van der Waals surface area (Å²) in [5.41, 5.74) is 0.232. The van der Waals surface area contributed by atoms with Crippen LogP contribution in [0, 0.1) is 0 Å². The SMILES string of the molecule is CCOP(=O)(Cc1cnc(NC(=O)c2cc(Oc3ccc(S(C)(=O)=O)cc3)cc(O[C@@H](C)COC)c2)s1)OCC. The third kappa shape index (κ3) is 9.39. The Morgan fingerprint density at radius 3 is 2.30 bits per heavy atom. The van der Waals surface area contributed by atoms with Gasteiger partial charge in [0.1, 0.15) is 23.4 Å². The predicted octanol–water partition coefficient (Wildman–Crippen LogP) is 5.77. The molecule has 0 saturated carbocycles. The molecule has 3 aromatic rings. The molecule has 1 atom stereocenters. The molecule has 0 aliphatic rings. The Bertz CT molecular complexity index is 1430. The summed E-state index contributed by atoms with van der Waals surface area (Å²) < 4.78 is 64.0. The van der Waals surface area contributed by atoms with E-state index in [9.17, 15) is 17.8 Å². The van der Waals surface area contributed by atoms with Gasteiger partial charge in [0.05, 0.1) is 30.9 Å². The van der Waals surface area contributed by atoms with Crippen molar-refractivity contribution in [1.82, 2.24) is 4.98 Å². The van der Waals surface area contributed by atoms with Gasteiger partial charge in [-0.2, -0.15) is 0 Å². The second-order valence-corrected chi connectivity index (χ2v) is 13.8. The van der Waals surface area contributed by atoms with Gasteiger partial charge < -0.3 is 23.3 Å². The minimum Gasteiger partial charge on any atom is -0.488 e. The molecule has 1 amide bonds. The van der Waals surface area contributed by atoms with Crippen molar-refractivity contribution in [3.05, 3.63) is 59.1 Å². The summed E-state index contributed by atoms with van der Waals surface area (Å²) in [4.78, 5) is 18.2. The van der Waals surface area contributed by atoms with Crippen molar-refractivity contribution in [2.75, 3.05) is 38.5 Å². The van der Waals surface area contributed by atoms with Crippen molar-refractivity contribution < 1.29 is 41.0 Å². The highest BCUT2D eigenvalue weighted by Gasteiger charge is 2.25. The lowest BCUT2D eigenvalue weighted by atomic mass is 10.2. The molecule has 2 aromatic carbocycles. The fraction of sp³-hybridized carbons (Fsp3) is 0.385. The number of hydrogen-bond acceptors (Lipinski definition) is 11. The molecule has 3 rings (SSSR count). The second-order valence-electron chi connectivity index (χ2n) is 8.61. The fourth-order valence-electron chi connectivity index (χ4n) is 3.54. The summed E-state index contributed by atoms with van der Waals surface area (Å²) in [6.07, 6.45) is 2.38. The van der Waals surface area contributed by atoms with Crippen molar-refractivity contribution in [3.63, 3.8) is 0 Å². The van der Waals surface area contributed by atoms with Gasteiger partial charge in [0.2, 0.25) is 0 Å². The molecule has 0 bridgehead atoms. The summed E-state index contributed by atoms with van der Waals surface area (Å²) in [5, 5.41) is 3.05. The molecule has 0 saturated heterocycles. The maximum Gasteiger partial charge on any atom is 0.335 e. The Balaban J connectivity index is 1.82. The molecule has 40 heavy (non-hydrogen) atoms. The smallest absolute Gasteiger partial charge is 0.335 e. The van der Waals surface area contributed by atoms with E-state index in [2.05, 4.69) is 10.3 Å². The summed E-state index contributed by atoms with van der Waals surface area (Å²) in [6, 6.07) is 10.6. The van der Waals surface area contributed by atoms with Crippen LogP contribution in [-0.2, 0) is 34.3 Å². The third-order valence-electron chi connectivity index (χ3n) is 5.14. The number of rotatable bonds is 15. The van der Waals surface area contributed by atoms with Gasteiger partial charge in [-0.15, -0.1) is 11.3 Å². The van der Waals surface area contributed by atoms with Crippen molar-refractivity contribution in [3.8, 4) is 17.2 Å². The van der Waals surface area contributed by atoms with E-state index in [0.717, 1.165) is 17.6 Å². The zero-order valence-corrected chi connectivity index (χ0v) is 25.4. The molecule has 1 aromatic heterocycles. The van der Waals surface area contributed by atoms with Crippen molar-refractivity contribution in [1.29, 1.82) is 0 Å². The van der Waals surface area contributed by atoms with E-state index in [1.165, 1.54) is 36.5 Å². The normalized spacial score (nSPS) is 12.6. The van der Waals surface area contributed by atoms with Crippen LogP contribution < -0.4 is 14.8 Å². The van der Waals surface area contributed by atoms with Gasteiger partial charge in [-0.25, -0.2) is 13.4 Å². The summed E-state index contributed by atoms with van der Waals surface area (Å²) in [6.45, 7) is 6.11. The fourth-order valence-corrected chi connectivity index (χ4v) is 7.02. The highest BCUT2D eigenvalue weighted by Crippen LogP contribution is 2.52. The number of aromatic nitrogens is 1. The van der Waals surface area contributed by atoms with Crippen molar-refractivity contribution in [2.45, 2.75) is 37.9 Å². The van der Waals surface area contributed by atoms with Gasteiger partial charge in [0.25, 0.3) is 5.91 Å². The number of hydrogen-bond donors (Lipinski definition) is 1. The Morgan fingerprint density at radius 1 is 1.05 bits per heavy atom. The first-order chi connectivity index (χ1) is 18.9. The molecule has 0 radical (unpaired) electrons. The molecule has 0 aliphatic heterocycles. The lowest BCUT2D eigenvalue weighted by molar-refractivity contribution is 0.0916. The van der Waals surface area contributed by atoms with Crippen LogP contribution in [0.1, 0.15) is 36.0 Å². The lowest BCUT2D eigenvalue weighted by Gasteiger charge is -2.16. The molecular weight excluding hydrogens is 579 g/mol. The zero-order chi connectivity index (χ0) is 29.3. The predicted molar refractivity (Wildman–Crippen MR) is 153 cm³/mol. The number of benzene rings is 2. The Hall–Kier alpha value is -2.80. The lowest BCUT2D eigenvalue weighted by Crippen LogP contribution is -2.18. The summed E-state index contributed by atoms with van der Waals surface area (Å²) in [5.74, 6) is 0.571. The van der Waals surface area contributed by atoms with Crippen LogP contribution in [-0.4, -0.2) is 58.6 Å². The van der Waals surface area contributed by atoms with E-state index >= 15 is 0 Å².